The van der Waals surface area contributed by atoms with Crippen molar-refractivity contribution in [2.24, 2.45) is 0 Å². The molecule has 0 aromatic rings. The average Bonchev–Trinajstić information content (AvgIpc) is 2.09. The van der Waals surface area contributed by atoms with Crippen LogP contribution in [-0.2, 0) is 15.6 Å². The Morgan fingerprint density at radius 1 is 1.38 bits per heavy atom. The van der Waals surface area contributed by atoms with Crippen molar-refractivity contribution in [3.05, 3.63) is 0 Å². The average molecular weight is 209 g/mol. The van der Waals surface area contributed by atoms with Crippen molar-refractivity contribution in [1.29, 1.82) is 0 Å². The van der Waals surface area contributed by atoms with Gasteiger partial charge in [-0.25, -0.2) is 0 Å². The van der Waals surface area contributed by atoms with E-state index in [2.05, 4.69) is 23.6 Å². The molecule has 2 unspecified atom stereocenters. The number of hydroxylamine groups is 1. The lowest BCUT2D eigenvalue weighted by Gasteiger charge is -2.14. The van der Waals surface area contributed by atoms with E-state index in [9.17, 15) is 4.21 Å². The fourth-order valence-corrected chi connectivity index (χ4v) is 1.39. The summed E-state index contributed by atoms with van der Waals surface area (Å²) in [6.07, 6.45) is 5.24. The zero-order valence-electron chi connectivity index (χ0n) is 8.28. The summed E-state index contributed by atoms with van der Waals surface area (Å²) in [5.74, 6) is 0. The fraction of sp³-hybridized carbons (Fsp3) is 1.00. The Morgan fingerprint density at radius 2 is 2.08 bits per heavy atom. The molecule has 13 heavy (non-hydrogen) atoms. The highest BCUT2D eigenvalue weighted by molar-refractivity contribution is 7.74. The number of hydrogen-bond acceptors (Lipinski definition) is 3. The molecule has 0 aromatic heterocycles. The van der Waals surface area contributed by atoms with Crippen LogP contribution in [0.2, 0.25) is 0 Å². The van der Waals surface area contributed by atoms with Crippen LogP contribution < -0.4 is 5.48 Å². The summed E-state index contributed by atoms with van der Waals surface area (Å²) in [6, 6.07) is 0.195. The SMILES string of the molecule is CCCCC(CCC)NOS(=O)O. The molecule has 5 heteroatoms. The predicted molar refractivity (Wildman–Crippen MR) is 53.2 cm³/mol. The molecule has 0 rings (SSSR count). The summed E-state index contributed by atoms with van der Waals surface area (Å²) in [5.41, 5.74) is 2.60. The highest BCUT2D eigenvalue weighted by Crippen LogP contribution is 2.06. The summed E-state index contributed by atoms with van der Waals surface area (Å²) in [5, 5.41) is 0. The Balaban J connectivity index is 3.59. The monoisotopic (exact) mass is 209 g/mol. The van der Waals surface area contributed by atoms with Crippen LogP contribution in [0.25, 0.3) is 0 Å². The molecular weight excluding hydrogens is 190 g/mol. The number of rotatable bonds is 8. The van der Waals surface area contributed by atoms with E-state index >= 15 is 0 Å². The number of hydrogen-bond donors (Lipinski definition) is 2. The maximum absolute atomic E-state index is 10.2. The van der Waals surface area contributed by atoms with Crippen molar-refractivity contribution in [2.75, 3.05) is 0 Å². The lowest BCUT2D eigenvalue weighted by Crippen LogP contribution is -2.29. The Hall–Kier alpha value is 0.0300. The van der Waals surface area contributed by atoms with Crippen LogP contribution in [0.15, 0.2) is 0 Å². The van der Waals surface area contributed by atoms with Gasteiger partial charge in [-0.15, -0.1) is 0 Å². The second-order valence-corrected chi connectivity index (χ2v) is 3.65. The zero-order valence-corrected chi connectivity index (χ0v) is 9.10. The summed E-state index contributed by atoms with van der Waals surface area (Å²) in [7, 11) is 0. The van der Waals surface area contributed by atoms with E-state index < -0.39 is 11.4 Å². The molecule has 0 fully saturated rings. The van der Waals surface area contributed by atoms with Crippen molar-refractivity contribution < 1.29 is 13.0 Å². The third kappa shape index (κ3) is 8.36. The molecule has 0 saturated heterocycles. The fourth-order valence-electron chi connectivity index (χ4n) is 1.17. The molecule has 0 aromatic carbocycles. The smallest absolute Gasteiger partial charge is 0.283 e. The van der Waals surface area contributed by atoms with Crippen LogP contribution in [-0.4, -0.2) is 14.8 Å². The molecule has 0 aliphatic carbocycles. The van der Waals surface area contributed by atoms with Crippen LogP contribution in [0.3, 0.4) is 0 Å². The summed E-state index contributed by atoms with van der Waals surface area (Å²) in [6.45, 7) is 4.20. The third-order valence-electron chi connectivity index (χ3n) is 1.83. The van der Waals surface area contributed by atoms with Gasteiger partial charge >= 0.3 is 11.4 Å². The van der Waals surface area contributed by atoms with Crippen molar-refractivity contribution >= 4 is 11.4 Å². The van der Waals surface area contributed by atoms with Gasteiger partial charge in [0.05, 0.1) is 0 Å². The van der Waals surface area contributed by atoms with Gasteiger partial charge in [-0.1, -0.05) is 33.1 Å². The highest BCUT2D eigenvalue weighted by Gasteiger charge is 2.07. The molecule has 2 atom stereocenters. The predicted octanol–water partition coefficient (Wildman–Crippen LogP) is 2.00. The first kappa shape index (κ1) is 13.0. The molecule has 0 heterocycles. The molecule has 0 spiro atoms. The summed E-state index contributed by atoms with van der Waals surface area (Å²) < 4.78 is 23.0. The lowest BCUT2D eigenvalue weighted by atomic mass is 10.1. The van der Waals surface area contributed by atoms with Gasteiger partial charge in [0.2, 0.25) is 0 Å². The minimum atomic E-state index is -2.21. The van der Waals surface area contributed by atoms with Gasteiger partial charge in [-0.3, -0.25) is 4.55 Å². The van der Waals surface area contributed by atoms with Crippen LogP contribution in [0, 0.1) is 0 Å². The zero-order chi connectivity index (χ0) is 10.1. The first-order valence-corrected chi connectivity index (χ1v) is 5.77. The van der Waals surface area contributed by atoms with E-state index in [1.807, 2.05) is 0 Å². The second-order valence-electron chi connectivity index (χ2n) is 3.05. The van der Waals surface area contributed by atoms with Gasteiger partial charge in [0.25, 0.3) is 0 Å². The van der Waals surface area contributed by atoms with Gasteiger partial charge in [0.15, 0.2) is 0 Å². The van der Waals surface area contributed by atoms with Crippen molar-refractivity contribution in [3.8, 4) is 0 Å². The molecule has 0 aliphatic rings. The van der Waals surface area contributed by atoms with Crippen LogP contribution >= 0.6 is 0 Å². The third-order valence-corrected chi connectivity index (χ3v) is 2.07. The number of nitrogens with one attached hydrogen (secondary N) is 1. The van der Waals surface area contributed by atoms with Crippen LogP contribution in [0.5, 0.6) is 0 Å². The minimum Gasteiger partial charge on any atom is -0.283 e. The summed E-state index contributed by atoms with van der Waals surface area (Å²) in [4.78, 5) is 0. The Bertz CT molecular complexity index is 143. The molecular formula is C8H19NO3S. The Morgan fingerprint density at radius 3 is 2.54 bits per heavy atom. The number of unbranched alkanes of at least 4 members (excludes halogenated alkanes) is 1. The van der Waals surface area contributed by atoms with Crippen LogP contribution in [0.4, 0.5) is 0 Å². The van der Waals surface area contributed by atoms with E-state index in [-0.39, 0.29) is 6.04 Å². The quantitative estimate of drug-likeness (QED) is 0.474. The maximum Gasteiger partial charge on any atom is 0.319 e. The highest BCUT2D eigenvalue weighted by atomic mass is 32.2. The Kier molecular flexibility index (Phi) is 8.64. The first-order valence-electron chi connectivity index (χ1n) is 4.74. The lowest BCUT2D eigenvalue weighted by molar-refractivity contribution is 0.147. The van der Waals surface area contributed by atoms with E-state index in [1.165, 1.54) is 0 Å². The maximum atomic E-state index is 10.2. The van der Waals surface area contributed by atoms with Gasteiger partial charge in [-0.05, 0) is 12.8 Å². The van der Waals surface area contributed by atoms with Crippen molar-refractivity contribution in [2.45, 2.75) is 52.0 Å². The topological polar surface area (TPSA) is 58.6 Å². The normalized spacial score (nSPS) is 15.6. The molecule has 0 bridgehead atoms. The van der Waals surface area contributed by atoms with Gasteiger partial charge in [0.1, 0.15) is 0 Å². The molecule has 0 aliphatic heterocycles. The Labute approximate surface area is 82.5 Å². The first-order chi connectivity index (χ1) is 6.20. The second kappa shape index (κ2) is 8.62. The van der Waals surface area contributed by atoms with E-state index in [0.29, 0.717) is 0 Å². The molecule has 80 valence electrons. The van der Waals surface area contributed by atoms with E-state index in [0.717, 1.165) is 32.1 Å². The van der Waals surface area contributed by atoms with Crippen LogP contribution in [0.1, 0.15) is 46.0 Å². The molecule has 0 saturated carbocycles. The van der Waals surface area contributed by atoms with E-state index in [1.54, 1.807) is 0 Å². The minimum absolute atomic E-state index is 0.195. The van der Waals surface area contributed by atoms with Gasteiger partial charge in [-0.2, -0.15) is 14.0 Å². The summed E-state index contributed by atoms with van der Waals surface area (Å²) >= 11 is -2.21. The molecule has 2 N–H and O–H groups in total. The van der Waals surface area contributed by atoms with Crippen molar-refractivity contribution in [1.82, 2.24) is 5.48 Å². The standard InChI is InChI=1S/C8H19NO3S/c1-3-5-7-8(6-4-2)9-12-13(10)11/h8-9H,3-7H2,1-2H3,(H,10,11). The van der Waals surface area contributed by atoms with Gasteiger partial charge in [0, 0.05) is 6.04 Å². The van der Waals surface area contributed by atoms with E-state index in [4.69, 9.17) is 4.55 Å². The largest absolute Gasteiger partial charge is 0.319 e. The molecule has 0 amide bonds. The van der Waals surface area contributed by atoms with Crippen molar-refractivity contribution in [3.63, 3.8) is 0 Å². The molecule has 0 radical (unpaired) electrons. The van der Waals surface area contributed by atoms with Gasteiger partial charge < -0.3 is 0 Å². The molecule has 4 nitrogen and oxygen atoms in total.